The van der Waals surface area contributed by atoms with Gasteiger partial charge in [0.25, 0.3) is 0 Å². The number of pyridine rings is 1. The monoisotopic (exact) mass is 219 g/mol. The van der Waals surface area contributed by atoms with E-state index in [0.717, 1.165) is 5.56 Å². The van der Waals surface area contributed by atoms with Gasteiger partial charge in [0.1, 0.15) is 6.33 Å². The molecule has 0 atom stereocenters. The van der Waals surface area contributed by atoms with Gasteiger partial charge in [-0.15, -0.1) is 5.10 Å². The fraction of sp³-hybridized carbons (Fsp3) is 0.222. The van der Waals surface area contributed by atoms with Crippen LogP contribution in [0.4, 0.5) is 0 Å². The van der Waals surface area contributed by atoms with E-state index in [1.54, 1.807) is 13.0 Å². The molecule has 0 aliphatic heterocycles. The van der Waals surface area contributed by atoms with E-state index in [-0.39, 0.29) is 0 Å². The lowest BCUT2D eigenvalue weighted by molar-refractivity contribution is -0.132. The maximum atomic E-state index is 10.8. The maximum Gasteiger partial charge on any atom is 0.309 e. The minimum Gasteiger partial charge on any atom is -0.407 e. The van der Waals surface area contributed by atoms with E-state index in [0.29, 0.717) is 11.6 Å². The third-order valence-corrected chi connectivity index (χ3v) is 1.87. The Morgan fingerprint density at radius 2 is 2.31 bits per heavy atom. The van der Waals surface area contributed by atoms with Gasteiger partial charge in [0.05, 0.1) is 11.9 Å². The summed E-state index contributed by atoms with van der Waals surface area (Å²) in [6, 6.07) is 1.78. The third-order valence-electron chi connectivity index (χ3n) is 1.87. The van der Waals surface area contributed by atoms with Crippen LogP contribution >= 0.6 is 0 Å². The molecule has 0 unspecified atom stereocenters. The molecule has 16 heavy (non-hydrogen) atoms. The average Bonchev–Trinajstić information content (AvgIpc) is 2.73. The molecule has 0 saturated heterocycles. The molecule has 2 rings (SSSR count). The molecule has 7 nitrogen and oxygen atoms in total. The number of aromatic nitrogens is 5. The highest BCUT2D eigenvalue weighted by atomic mass is 16.5. The zero-order valence-electron chi connectivity index (χ0n) is 8.78. The van der Waals surface area contributed by atoms with Gasteiger partial charge in [-0.25, -0.2) is 4.98 Å². The minimum atomic E-state index is -0.397. The number of rotatable bonds is 2. The van der Waals surface area contributed by atoms with Crippen molar-refractivity contribution in [1.82, 2.24) is 25.2 Å². The number of esters is 1. The van der Waals surface area contributed by atoms with Gasteiger partial charge in [-0.3, -0.25) is 4.79 Å². The molecule has 0 spiro atoms. The Labute approximate surface area is 91.1 Å². The largest absolute Gasteiger partial charge is 0.407 e. The summed E-state index contributed by atoms with van der Waals surface area (Å²) in [7, 11) is 0. The Balaban J connectivity index is 2.33. The molecule has 0 aliphatic rings. The first kappa shape index (κ1) is 10.2. The lowest BCUT2D eigenvalue weighted by Gasteiger charge is -2.05. The quantitative estimate of drug-likeness (QED) is 0.675. The number of aryl methyl sites for hydroxylation is 1. The van der Waals surface area contributed by atoms with E-state index >= 15 is 0 Å². The molecular formula is C9H9N5O2. The van der Waals surface area contributed by atoms with E-state index < -0.39 is 5.97 Å². The third kappa shape index (κ3) is 2.02. The molecule has 82 valence electrons. The average molecular weight is 219 g/mol. The fourth-order valence-electron chi connectivity index (χ4n) is 1.20. The van der Waals surface area contributed by atoms with Crippen molar-refractivity contribution in [3.8, 4) is 11.6 Å². The predicted molar refractivity (Wildman–Crippen MR) is 53.0 cm³/mol. The van der Waals surface area contributed by atoms with E-state index in [1.807, 2.05) is 0 Å². The molecule has 2 aromatic heterocycles. The molecule has 7 heteroatoms. The molecular weight excluding hydrogens is 210 g/mol. The summed E-state index contributed by atoms with van der Waals surface area (Å²) < 4.78 is 6.38. The Bertz CT molecular complexity index is 509. The van der Waals surface area contributed by atoms with Crippen LogP contribution in [0, 0.1) is 6.92 Å². The van der Waals surface area contributed by atoms with Crippen molar-refractivity contribution in [2.75, 3.05) is 0 Å². The minimum absolute atomic E-state index is 0.296. The van der Waals surface area contributed by atoms with Gasteiger partial charge in [-0.2, -0.15) is 4.68 Å². The number of carbonyl (C=O) groups is 1. The summed E-state index contributed by atoms with van der Waals surface area (Å²) in [5.41, 5.74) is 1.45. The smallest absolute Gasteiger partial charge is 0.309 e. The van der Waals surface area contributed by atoms with Crippen LogP contribution in [0.3, 0.4) is 0 Å². The van der Waals surface area contributed by atoms with Gasteiger partial charge in [0.15, 0.2) is 0 Å². The number of hydrogen-bond acceptors (Lipinski definition) is 6. The van der Waals surface area contributed by atoms with Crippen molar-refractivity contribution in [2.24, 2.45) is 0 Å². The first-order chi connectivity index (χ1) is 7.66. The summed E-state index contributed by atoms with van der Waals surface area (Å²) in [5.74, 6) is -0.102. The number of hydrogen-bond donors (Lipinski definition) is 0. The van der Waals surface area contributed by atoms with Gasteiger partial charge in [0, 0.05) is 12.5 Å². The first-order valence-corrected chi connectivity index (χ1v) is 4.55. The molecule has 0 fully saturated rings. The van der Waals surface area contributed by atoms with Crippen LogP contribution in [-0.4, -0.2) is 31.2 Å². The molecule has 2 aromatic rings. The Morgan fingerprint density at radius 3 is 2.88 bits per heavy atom. The lowest BCUT2D eigenvalue weighted by atomic mass is 10.3. The molecule has 0 saturated carbocycles. The zero-order chi connectivity index (χ0) is 11.5. The molecule has 0 aromatic carbocycles. The second-order valence-corrected chi connectivity index (χ2v) is 3.16. The maximum absolute atomic E-state index is 10.8. The Kier molecular flexibility index (Phi) is 2.59. The second-order valence-electron chi connectivity index (χ2n) is 3.16. The van der Waals surface area contributed by atoms with Gasteiger partial charge < -0.3 is 4.74 Å². The van der Waals surface area contributed by atoms with Gasteiger partial charge in [-0.1, -0.05) is 0 Å². The highest BCUT2D eigenvalue weighted by Crippen LogP contribution is 2.16. The normalized spacial score (nSPS) is 10.1. The van der Waals surface area contributed by atoms with E-state index in [2.05, 4.69) is 20.5 Å². The molecule has 0 aliphatic carbocycles. The topological polar surface area (TPSA) is 82.8 Å². The number of ether oxygens (including phenoxy) is 1. The SMILES string of the molecule is CC(=O)Oc1ncc(-n2cnnn2)cc1C. The first-order valence-electron chi connectivity index (χ1n) is 4.55. The van der Waals surface area contributed by atoms with Crippen LogP contribution < -0.4 is 4.74 Å². The van der Waals surface area contributed by atoms with E-state index in [1.165, 1.54) is 24.1 Å². The van der Waals surface area contributed by atoms with Crippen LogP contribution in [0.5, 0.6) is 5.88 Å². The second kappa shape index (κ2) is 4.05. The van der Waals surface area contributed by atoms with Crippen molar-refractivity contribution < 1.29 is 9.53 Å². The summed E-state index contributed by atoms with van der Waals surface area (Å²) in [5, 5.41) is 10.8. The number of nitrogens with zero attached hydrogens (tertiary/aromatic N) is 5. The number of tetrazole rings is 1. The molecule has 0 amide bonds. The van der Waals surface area contributed by atoms with Gasteiger partial charge >= 0.3 is 5.97 Å². The van der Waals surface area contributed by atoms with Crippen molar-refractivity contribution in [3.63, 3.8) is 0 Å². The summed E-state index contributed by atoms with van der Waals surface area (Å²) in [6.45, 7) is 3.12. The fourth-order valence-corrected chi connectivity index (χ4v) is 1.20. The molecule has 0 radical (unpaired) electrons. The van der Waals surface area contributed by atoms with E-state index in [9.17, 15) is 4.79 Å². The molecule has 0 N–H and O–H groups in total. The van der Waals surface area contributed by atoms with Crippen molar-refractivity contribution >= 4 is 5.97 Å². The zero-order valence-corrected chi connectivity index (χ0v) is 8.78. The lowest BCUT2D eigenvalue weighted by Crippen LogP contribution is -2.06. The standard InChI is InChI=1S/C9H9N5O2/c1-6-3-8(14-5-11-12-13-14)4-10-9(6)16-7(2)15/h3-5H,1-2H3. The summed E-state index contributed by atoms with van der Waals surface area (Å²) >= 11 is 0. The van der Waals surface area contributed by atoms with Gasteiger partial charge in [0.2, 0.25) is 5.88 Å². The van der Waals surface area contributed by atoms with Crippen molar-refractivity contribution in [2.45, 2.75) is 13.8 Å². The Hall–Kier alpha value is -2.31. The van der Waals surface area contributed by atoms with Crippen LogP contribution in [0.25, 0.3) is 5.69 Å². The highest BCUT2D eigenvalue weighted by molar-refractivity contribution is 5.69. The van der Waals surface area contributed by atoms with Crippen LogP contribution in [0.1, 0.15) is 12.5 Å². The van der Waals surface area contributed by atoms with Crippen LogP contribution in [0.2, 0.25) is 0 Å². The van der Waals surface area contributed by atoms with E-state index in [4.69, 9.17) is 4.74 Å². The Morgan fingerprint density at radius 1 is 1.50 bits per heavy atom. The predicted octanol–water partition coefficient (Wildman–Crippen LogP) is 0.291. The molecule has 0 bridgehead atoms. The van der Waals surface area contributed by atoms with Crippen molar-refractivity contribution in [3.05, 3.63) is 24.2 Å². The summed E-state index contributed by atoms with van der Waals surface area (Å²) in [6.07, 6.45) is 2.99. The molecule has 2 heterocycles. The highest BCUT2D eigenvalue weighted by Gasteiger charge is 2.06. The van der Waals surface area contributed by atoms with Crippen LogP contribution in [-0.2, 0) is 4.79 Å². The van der Waals surface area contributed by atoms with Gasteiger partial charge in [-0.05, 0) is 23.4 Å². The van der Waals surface area contributed by atoms with Crippen LogP contribution in [0.15, 0.2) is 18.6 Å². The van der Waals surface area contributed by atoms with Crippen molar-refractivity contribution in [1.29, 1.82) is 0 Å². The number of carbonyl (C=O) groups excluding carboxylic acids is 1. The summed E-state index contributed by atoms with van der Waals surface area (Å²) in [4.78, 5) is 14.8.